The zero-order chi connectivity index (χ0) is 12.1. The maximum Gasteiger partial charge on any atom is 0.254 e. The molecule has 1 aromatic carbocycles. The van der Waals surface area contributed by atoms with Crippen LogP contribution in [0.15, 0.2) is 18.2 Å². The number of rotatable bonds is 3. The van der Waals surface area contributed by atoms with Gasteiger partial charge in [-0.05, 0) is 18.2 Å². The highest BCUT2D eigenvalue weighted by molar-refractivity contribution is 9.09. The fourth-order valence-corrected chi connectivity index (χ4v) is 1.50. The summed E-state index contributed by atoms with van der Waals surface area (Å²) < 4.78 is 0. The largest absolute Gasteiger partial charge is 0.382 e. The Morgan fingerprint density at radius 3 is 2.88 bits per heavy atom. The first kappa shape index (κ1) is 13.0. The monoisotopic (exact) mass is 302 g/mol. The van der Waals surface area contributed by atoms with E-state index in [4.69, 9.17) is 16.9 Å². The van der Waals surface area contributed by atoms with Crippen LogP contribution >= 0.6 is 27.5 Å². The molecule has 84 valence electrons. The molecule has 0 spiro atoms. The lowest BCUT2D eigenvalue weighted by atomic mass is 10.2. The zero-order valence-electron chi connectivity index (χ0n) is 8.08. The quantitative estimate of drug-likeness (QED) is 0.838. The molecule has 1 amide bonds. The lowest BCUT2D eigenvalue weighted by Crippen LogP contribution is -2.28. The number of hydrogen-bond donors (Lipinski definition) is 2. The minimum Gasteiger partial charge on any atom is -0.382 e. The van der Waals surface area contributed by atoms with Crippen molar-refractivity contribution in [2.24, 2.45) is 0 Å². The summed E-state index contributed by atoms with van der Waals surface area (Å²) in [6, 6.07) is 6.41. The van der Waals surface area contributed by atoms with Gasteiger partial charge < -0.3 is 10.4 Å². The molecule has 6 heteroatoms. The highest BCUT2D eigenvalue weighted by atomic mass is 79.9. The van der Waals surface area contributed by atoms with Gasteiger partial charge in [0, 0.05) is 11.0 Å². The first-order chi connectivity index (χ1) is 7.58. The first-order valence-corrected chi connectivity index (χ1v) is 5.83. The normalized spacial score (nSPS) is 11.6. The second-order valence-electron chi connectivity index (χ2n) is 2.97. The number of aliphatic hydroxyl groups is 1. The fourth-order valence-electron chi connectivity index (χ4n) is 0.979. The van der Waals surface area contributed by atoms with Crippen molar-refractivity contribution >= 4 is 39.1 Å². The van der Waals surface area contributed by atoms with Crippen molar-refractivity contribution in [2.45, 2.75) is 6.10 Å². The van der Waals surface area contributed by atoms with E-state index in [1.807, 2.05) is 6.07 Å². The van der Waals surface area contributed by atoms with Gasteiger partial charge in [0.15, 0.2) is 0 Å². The number of nitrogens with one attached hydrogen (secondary N) is 1. The predicted molar refractivity (Wildman–Crippen MR) is 64.6 cm³/mol. The maximum absolute atomic E-state index is 11.3. The molecule has 1 aromatic rings. The van der Waals surface area contributed by atoms with Gasteiger partial charge >= 0.3 is 0 Å². The van der Waals surface area contributed by atoms with Crippen LogP contribution < -0.4 is 5.32 Å². The second-order valence-corrected chi connectivity index (χ2v) is 4.02. The highest BCUT2D eigenvalue weighted by Crippen LogP contribution is 2.20. The summed E-state index contributed by atoms with van der Waals surface area (Å²) in [5.74, 6) is -0.530. The van der Waals surface area contributed by atoms with Crippen molar-refractivity contribution in [1.82, 2.24) is 0 Å². The number of alkyl halides is 1. The Kier molecular flexibility index (Phi) is 4.74. The second kappa shape index (κ2) is 5.85. The molecule has 1 atom stereocenters. The molecule has 16 heavy (non-hydrogen) atoms. The van der Waals surface area contributed by atoms with E-state index in [1.165, 1.54) is 12.1 Å². The summed E-state index contributed by atoms with van der Waals surface area (Å²) in [4.78, 5) is 11.3. The van der Waals surface area contributed by atoms with Gasteiger partial charge in [0.1, 0.15) is 12.2 Å². The number of benzene rings is 1. The summed E-state index contributed by atoms with van der Waals surface area (Å²) in [6.45, 7) is 0. The summed E-state index contributed by atoms with van der Waals surface area (Å²) in [5.41, 5.74) is 0.773. The van der Waals surface area contributed by atoms with Crippen LogP contribution in [0.4, 0.5) is 5.69 Å². The van der Waals surface area contributed by atoms with Crippen LogP contribution in [0.25, 0.3) is 0 Å². The van der Waals surface area contributed by atoms with Crippen molar-refractivity contribution < 1.29 is 9.90 Å². The fraction of sp³-hybridized carbons (Fsp3) is 0.200. The van der Waals surface area contributed by atoms with Crippen LogP contribution in [0.2, 0.25) is 5.02 Å². The van der Waals surface area contributed by atoms with Gasteiger partial charge in [-0.2, -0.15) is 5.26 Å². The maximum atomic E-state index is 11.3. The number of hydrogen-bond acceptors (Lipinski definition) is 3. The molecule has 0 aromatic heterocycles. The molecule has 0 aliphatic carbocycles. The zero-order valence-corrected chi connectivity index (χ0v) is 10.4. The number of aliphatic hydroxyl groups excluding tert-OH is 1. The topological polar surface area (TPSA) is 73.1 Å². The number of carbonyl (C=O) groups is 1. The Labute approximate surface area is 106 Å². The lowest BCUT2D eigenvalue weighted by Gasteiger charge is -2.09. The Morgan fingerprint density at radius 2 is 2.38 bits per heavy atom. The predicted octanol–water partition coefficient (Wildman–Crippen LogP) is 1.91. The van der Waals surface area contributed by atoms with Crippen molar-refractivity contribution in [3.05, 3.63) is 28.8 Å². The lowest BCUT2D eigenvalue weighted by molar-refractivity contribution is -0.122. The smallest absolute Gasteiger partial charge is 0.254 e. The SMILES string of the molecule is N#Cc1ccc(NC(=O)[C@H](O)CBr)cc1Cl. The molecule has 0 radical (unpaired) electrons. The molecule has 0 unspecified atom stereocenters. The van der Waals surface area contributed by atoms with Crippen LogP contribution in [0.3, 0.4) is 0 Å². The van der Waals surface area contributed by atoms with Crippen LogP contribution in [-0.2, 0) is 4.79 Å². The molecule has 0 aliphatic rings. The van der Waals surface area contributed by atoms with Gasteiger partial charge in [-0.3, -0.25) is 4.79 Å². The van der Waals surface area contributed by atoms with Crippen LogP contribution in [0.5, 0.6) is 0 Å². The molecule has 0 heterocycles. The number of halogens is 2. The van der Waals surface area contributed by atoms with Crippen LogP contribution in [-0.4, -0.2) is 22.4 Å². The number of nitrogens with zero attached hydrogens (tertiary/aromatic N) is 1. The van der Waals surface area contributed by atoms with E-state index in [-0.39, 0.29) is 10.4 Å². The minimum absolute atomic E-state index is 0.156. The van der Waals surface area contributed by atoms with Crippen molar-refractivity contribution in [3.63, 3.8) is 0 Å². The molecule has 0 bridgehead atoms. The Bertz CT molecular complexity index is 445. The van der Waals surface area contributed by atoms with Gasteiger partial charge in [-0.15, -0.1) is 0 Å². The Morgan fingerprint density at radius 1 is 1.69 bits per heavy atom. The molecule has 0 saturated heterocycles. The standard InChI is InChI=1S/C10H8BrClN2O2/c11-4-9(15)10(16)14-7-2-1-6(5-13)8(12)3-7/h1-3,9,15H,4H2,(H,14,16)/t9-/m1/s1. The van der Waals surface area contributed by atoms with Crippen LogP contribution in [0.1, 0.15) is 5.56 Å². The van der Waals surface area contributed by atoms with Crippen LogP contribution in [0, 0.1) is 11.3 Å². The van der Waals surface area contributed by atoms with Gasteiger partial charge in [0.2, 0.25) is 0 Å². The van der Waals surface area contributed by atoms with E-state index in [2.05, 4.69) is 21.2 Å². The van der Waals surface area contributed by atoms with E-state index < -0.39 is 12.0 Å². The average molecular weight is 304 g/mol. The highest BCUT2D eigenvalue weighted by Gasteiger charge is 2.13. The summed E-state index contributed by atoms with van der Waals surface area (Å²) in [5, 5.41) is 20.7. The van der Waals surface area contributed by atoms with E-state index in [0.717, 1.165) is 0 Å². The summed E-state index contributed by atoms with van der Waals surface area (Å²) in [6.07, 6.45) is -1.12. The van der Waals surface area contributed by atoms with E-state index >= 15 is 0 Å². The average Bonchev–Trinajstić information content (AvgIpc) is 2.28. The van der Waals surface area contributed by atoms with Gasteiger partial charge in [-0.1, -0.05) is 27.5 Å². The Hall–Kier alpha value is -1.09. The van der Waals surface area contributed by atoms with Crippen molar-refractivity contribution in [3.8, 4) is 6.07 Å². The molecule has 0 aliphatic heterocycles. The molecular weight excluding hydrogens is 295 g/mol. The van der Waals surface area contributed by atoms with Gasteiger partial charge in [-0.25, -0.2) is 0 Å². The molecule has 0 fully saturated rings. The third-order valence-corrected chi connectivity index (χ3v) is 2.73. The first-order valence-electron chi connectivity index (χ1n) is 4.33. The Balaban J connectivity index is 2.80. The van der Waals surface area contributed by atoms with Crippen molar-refractivity contribution in [1.29, 1.82) is 5.26 Å². The molecule has 2 N–H and O–H groups in total. The molecule has 0 saturated carbocycles. The third kappa shape index (κ3) is 3.20. The van der Waals surface area contributed by atoms with Crippen molar-refractivity contribution in [2.75, 3.05) is 10.6 Å². The molecule has 1 rings (SSSR count). The number of amides is 1. The minimum atomic E-state index is -1.12. The van der Waals surface area contributed by atoms with E-state index in [1.54, 1.807) is 6.07 Å². The molecular formula is C10H8BrClN2O2. The number of nitriles is 1. The van der Waals surface area contributed by atoms with E-state index in [9.17, 15) is 9.90 Å². The molecule has 4 nitrogen and oxygen atoms in total. The summed E-state index contributed by atoms with van der Waals surface area (Å²) in [7, 11) is 0. The number of carbonyl (C=O) groups excluding carboxylic acids is 1. The third-order valence-electron chi connectivity index (χ3n) is 1.81. The van der Waals surface area contributed by atoms with Gasteiger partial charge in [0.05, 0.1) is 10.6 Å². The number of anilines is 1. The van der Waals surface area contributed by atoms with E-state index in [0.29, 0.717) is 11.3 Å². The summed E-state index contributed by atoms with van der Waals surface area (Å²) >= 11 is 8.77. The van der Waals surface area contributed by atoms with Gasteiger partial charge in [0.25, 0.3) is 5.91 Å².